The van der Waals surface area contributed by atoms with Crippen molar-refractivity contribution in [3.63, 3.8) is 0 Å². The lowest BCUT2D eigenvalue weighted by molar-refractivity contribution is 0.144. The molecule has 1 aliphatic carbocycles. The van der Waals surface area contributed by atoms with Crippen LogP contribution < -0.4 is 10.1 Å². The fourth-order valence-corrected chi connectivity index (χ4v) is 2.49. The van der Waals surface area contributed by atoms with Crippen molar-refractivity contribution in [1.82, 2.24) is 9.97 Å². The number of aromatic nitrogens is 2. The zero-order valence-electron chi connectivity index (χ0n) is 11.7. The van der Waals surface area contributed by atoms with Crippen molar-refractivity contribution in [2.24, 2.45) is 0 Å². The summed E-state index contributed by atoms with van der Waals surface area (Å²) in [4.78, 5) is 8.39. The third kappa shape index (κ3) is 3.56. The minimum atomic E-state index is -0.299. The van der Waals surface area contributed by atoms with Gasteiger partial charge in [0.15, 0.2) is 0 Å². The Bertz CT molecular complexity index is 412. The van der Waals surface area contributed by atoms with Gasteiger partial charge >= 0.3 is 0 Å². The number of hydrogen-bond acceptors (Lipinski definition) is 5. The highest BCUT2D eigenvalue weighted by molar-refractivity contribution is 5.48. The van der Waals surface area contributed by atoms with Crippen LogP contribution in [0.4, 0.5) is 5.82 Å². The first-order valence-electron chi connectivity index (χ1n) is 7.11. The molecule has 0 aliphatic heterocycles. The summed E-state index contributed by atoms with van der Waals surface area (Å²) < 4.78 is 5.46. The normalized spacial score (nSPS) is 23.7. The number of aliphatic hydroxyl groups excluding tert-OH is 1. The maximum Gasteiger partial charge on any atom is 0.221 e. The van der Waals surface area contributed by atoms with Crippen LogP contribution in [0, 0.1) is 6.92 Å². The van der Waals surface area contributed by atoms with Gasteiger partial charge in [-0.2, -0.15) is 0 Å². The summed E-state index contributed by atoms with van der Waals surface area (Å²) in [6, 6.07) is 0.0746. The SMILES string of the molecule is CCOc1ncnc(NC2CCCCCC2O)c1C. The van der Waals surface area contributed by atoms with Crippen molar-refractivity contribution in [3.8, 4) is 5.88 Å². The van der Waals surface area contributed by atoms with E-state index in [0.29, 0.717) is 12.5 Å². The highest BCUT2D eigenvalue weighted by Gasteiger charge is 2.22. The van der Waals surface area contributed by atoms with Crippen molar-refractivity contribution in [1.29, 1.82) is 0 Å². The quantitative estimate of drug-likeness (QED) is 0.818. The van der Waals surface area contributed by atoms with Gasteiger partial charge in [0, 0.05) is 0 Å². The van der Waals surface area contributed by atoms with Gasteiger partial charge in [-0.15, -0.1) is 0 Å². The molecule has 2 unspecified atom stereocenters. The van der Waals surface area contributed by atoms with Gasteiger partial charge in [-0.1, -0.05) is 19.3 Å². The Balaban J connectivity index is 2.11. The van der Waals surface area contributed by atoms with Gasteiger partial charge in [-0.25, -0.2) is 9.97 Å². The topological polar surface area (TPSA) is 67.3 Å². The molecule has 5 nitrogen and oxygen atoms in total. The molecule has 0 spiro atoms. The van der Waals surface area contributed by atoms with Crippen molar-refractivity contribution in [2.45, 2.75) is 58.1 Å². The summed E-state index contributed by atoms with van der Waals surface area (Å²) in [6.45, 7) is 4.46. The molecular weight excluding hydrogens is 242 g/mol. The Kier molecular flexibility index (Phi) is 4.96. The molecule has 0 aromatic carbocycles. The molecule has 2 atom stereocenters. The summed E-state index contributed by atoms with van der Waals surface area (Å²) in [5.74, 6) is 1.38. The largest absolute Gasteiger partial charge is 0.478 e. The molecule has 19 heavy (non-hydrogen) atoms. The predicted octanol–water partition coefficient (Wildman–Crippen LogP) is 2.29. The van der Waals surface area contributed by atoms with Crippen LogP contribution in [0.5, 0.6) is 5.88 Å². The van der Waals surface area contributed by atoms with E-state index < -0.39 is 0 Å². The lowest BCUT2D eigenvalue weighted by atomic mass is 10.1. The van der Waals surface area contributed by atoms with Crippen molar-refractivity contribution >= 4 is 5.82 Å². The second-order valence-corrected chi connectivity index (χ2v) is 5.04. The smallest absolute Gasteiger partial charge is 0.221 e. The molecule has 1 fully saturated rings. The second-order valence-electron chi connectivity index (χ2n) is 5.04. The maximum atomic E-state index is 10.1. The van der Waals surface area contributed by atoms with E-state index in [-0.39, 0.29) is 12.1 Å². The fraction of sp³-hybridized carbons (Fsp3) is 0.714. The van der Waals surface area contributed by atoms with Crippen molar-refractivity contribution in [2.75, 3.05) is 11.9 Å². The second kappa shape index (κ2) is 6.70. The molecule has 0 bridgehead atoms. The molecular formula is C14H23N3O2. The van der Waals surface area contributed by atoms with E-state index in [9.17, 15) is 5.11 Å². The van der Waals surface area contributed by atoms with Gasteiger partial charge in [0.2, 0.25) is 5.88 Å². The Morgan fingerprint density at radius 3 is 2.89 bits per heavy atom. The van der Waals surface area contributed by atoms with Gasteiger partial charge in [0.1, 0.15) is 12.1 Å². The zero-order chi connectivity index (χ0) is 13.7. The maximum absolute atomic E-state index is 10.1. The van der Waals surface area contributed by atoms with E-state index in [0.717, 1.165) is 37.1 Å². The molecule has 1 aliphatic rings. The minimum absolute atomic E-state index is 0.0746. The van der Waals surface area contributed by atoms with Crippen LogP contribution in [0.15, 0.2) is 6.33 Å². The Labute approximate surface area is 114 Å². The molecule has 1 aromatic heterocycles. The predicted molar refractivity (Wildman–Crippen MR) is 74.4 cm³/mol. The average molecular weight is 265 g/mol. The van der Waals surface area contributed by atoms with Crippen LogP contribution in [-0.4, -0.2) is 33.8 Å². The first-order chi connectivity index (χ1) is 9.22. The average Bonchev–Trinajstić information content (AvgIpc) is 2.60. The molecule has 1 heterocycles. The lowest BCUT2D eigenvalue weighted by Gasteiger charge is -2.23. The van der Waals surface area contributed by atoms with Crippen LogP contribution in [0.3, 0.4) is 0 Å². The van der Waals surface area contributed by atoms with E-state index >= 15 is 0 Å². The van der Waals surface area contributed by atoms with Crippen LogP contribution in [0.1, 0.15) is 44.6 Å². The molecule has 106 valence electrons. The zero-order valence-corrected chi connectivity index (χ0v) is 11.7. The fourth-order valence-electron chi connectivity index (χ4n) is 2.49. The van der Waals surface area contributed by atoms with Crippen LogP contribution in [0.2, 0.25) is 0 Å². The van der Waals surface area contributed by atoms with Crippen LogP contribution >= 0.6 is 0 Å². The molecule has 0 radical (unpaired) electrons. The van der Waals surface area contributed by atoms with Gasteiger partial charge < -0.3 is 15.2 Å². The number of hydrogen-bond donors (Lipinski definition) is 2. The Morgan fingerprint density at radius 2 is 2.11 bits per heavy atom. The number of nitrogens with one attached hydrogen (secondary N) is 1. The molecule has 1 saturated carbocycles. The first kappa shape index (κ1) is 14.1. The summed E-state index contributed by atoms with van der Waals surface area (Å²) >= 11 is 0. The first-order valence-corrected chi connectivity index (χ1v) is 7.11. The van der Waals surface area contributed by atoms with Crippen molar-refractivity contribution < 1.29 is 9.84 Å². The van der Waals surface area contributed by atoms with Crippen molar-refractivity contribution in [3.05, 3.63) is 11.9 Å². The number of ether oxygens (including phenoxy) is 1. The third-order valence-electron chi connectivity index (χ3n) is 3.62. The Morgan fingerprint density at radius 1 is 1.32 bits per heavy atom. The third-order valence-corrected chi connectivity index (χ3v) is 3.62. The van der Waals surface area contributed by atoms with Gasteiger partial charge in [0.05, 0.1) is 24.3 Å². The van der Waals surface area contributed by atoms with E-state index in [2.05, 4.69) is 15.3 Å². The van der Waals surface area contributed by atoms with Crippen LogP contribution in [0.25, 0.3) is 0 Å². The molecule has 0 amide bonds. The van der Waals surface area contributed by atoms with Crippen LogP contribution in [-0.2, 0) is 0 Å². The standard InChI is InChI=1S/C14H23N3O2/c1-3-19-14-10(2)13(15-9-16-14)17-11-7-5-4-6-8-12(11)18/h9,11-12,18H,3-8H2,1-2H3,(H,15,16,17). The van der Waals surface area contributed by atoms with E-state index in [4.69, 9.17) is 4.74 Å². The molecule has 2 N–H and O–H groups in total. The molecule has 2 rings (SSSR count). The minimum Gasteiger partial charge on any atom is -0.478 e. The highest BCUT2D eigenvalue weighted by atomic mass is 16.5. The highest BCUT2D eigenvalue weighted by Crippen LogP contribution is 2.25. The number of anilines is 1. The summed E-state index contributed by atoms with van der Waals surface area (Å²) in [6.07, 6.45) is 6.50. The monoisotopic (exact) mass is 265 g/mol. The molecule has 1 aromatic rings. The summed E-state index contributed by atoms with van der Waals surface area (Å²) in [5, 5.41) is 13.5. The van der Waals surface area contributed by atoms with Gasteiger partial charge in [0.25, 0.3) is 0 Å². The van der Waals surface area contributed by atoms with E-state index in [1.165, 1.54) is 12.7 Å². The lowest BCUT2D eigenvalue weighted by Crippen LogP contribution is -2.33. The Hall–Kier alpha value is -1.36. The summed E-state index contributed by atoms with van der Waals surface area (Å²) in [7, 11) is 0. The molecule has 0 saturated heterocycles. The number of aliphatic hydroxyl groups is 1. The van der Waals surface area contributed by atoms with E-state index in [1.54, 1.807) is 0 Å². The van der Waals surface area contributed by atoms with Gasteiger partial charge in [-0.05, 0) is 26.7 Å². The van der Waals surface area contributed by atoms with Gasteiger partial charge in [-0.3, -0.25) is 0 Å². The molecule has 5 heteroatoms. The number of nitrogens with zero attached hydrogens (tertiary/aromatic N) is 2. The summed E-state index contributed by atoms with van der Waals surface area (Å²) in [5.41, 5.74) is 0.904. The van der Waals surface area contributed by atoms with E-state index in [1.807, 2.05) is 13.8 Å². The number of rotatable bonds is 4.